The Kier molecular flexibility index (Phi) is 2.74. The zero-order chi connectivity index (χ0) is 9.14. The van der Waals surface area contributed by atoms with Gasteiger partial charge in [0.2, 0.25) is 0 Å². The van der Waals surface area contributed by atoms with E-state index in [1.54, 1.807) is 6.07 Å². The van der Waals surface area contributed by atoms with Gasteiger partial charge in [-0.15, -0.1) is 6.58 Å². The van der Waals surface area contributed by atoms with Gasteiger partial charge in [-0.3, -0.25) is 0 Å². The smallest absolute Gasteiger partial charge is 0.117 e. The first-order valence-corrected chi connectivity index (χ1v) is 3.82. The highest BCUT2D eigenvalue weighted by Crippen LogP contribution is 2.26. The van der Waals surface area contributed by atoms with Crippen LogP contribution in [0, 0.1) is 0 Å². The van der Waals surface area contributed by atoms with E-state index < -0.39 is 6.10 Å². The minimum Gasteiger partial charge on any atom is -0.508 e. The van der Waals surface area contributed by atoms with Crippen LogP contribution in [0.25, 0.3) is 0 Å². The predicted octanol–water partition coefficient (Wildman–Crippen LogP) is 2.26. The van der Waals surface area contributed by atoms with E-state index in [0.717, 1.165) is 0 Å². The lowest BCUT2D eigenvalue weighted by Crippen LogP contribution is -1.92. The third-order valence-corrected chi connectivity index (χ3v) is 1.85. The second-order valence-corrected chi connectivity index (χ2v) is 2.79. The van der Waals surface area contributed by atoms with Crippen molar-refractivity contribution in [3.63, 3.8) is 0 Å². The van der Waals surface area contributed by atoms with Crippen LogP contribution in [0.1, 0.15) is 11.7 Å². The van der Waals surface area contributed by atoms with Gasteiger partial charge in [0.25, 0.3) is 0 Å². The van der Waals surface area contributed by atoms with Crippen LogP contribution in [0.15, 0.2) is 30.9 Å². The van der Waals surface area contributed by atoms with Gasteiger partial charge in [-0.25, -0.2) is 0 Å². The molecule has 0 aliphatic rings. The summed E-state index contributed by atoms with van der Waals surface area (Å²) < 4.78 is 0. The average Bonchev–Trinajstić information content (AvgIpc) is 2.03. The van der Waals surface area contributed by atoms with E-state index in [4.69, 9.17) is 16.7 Å². The zero-order valence-electron chi connectivity index (χ0n) is 6.37. The Labute approximate surface area is 75.7 Å². The lowest BCUT2D eigenvalue weighted by atomic mass is 10.1. The molecule has 2 N–H and O–H groups in total. The Morgan fingerprint density at radius 3 is 2.67 bits per heavy atom. The van der Waals surface area contributed by atoms with E-state index in [9.17, 15) is 5.11 Å². The van der Waals surface area contributed by atoms with Crippen LogP contribution < -0.4 is 0 Å². The number of hydrogen-bond donors (Lipinski definition) is 2. The van der Waals surface area contributed by atoms with Crippen molar-refractivity contribution in [1.82, 2.24) is 0 Å². The summed E-state index contributed by atoms with van der Waals surface area (Å²) >= 11 is 5.74. The monoisotopic (exact) mass is 184 g/mol. The quantitative estimate of drug-likeness (QED) is 0.693. The van der Waals surface area contributed by atoms with Crippen LogP contribution in [0.4, 0.5) is 0 Å². The molecule has 1 atom stereocenters. The van der Waals surface area contributed by atoms with Gasteiger partial charge in [-0.05, 0) is 12.1 Å². The first-order chi connectivity index (χ1) is 5.65. The van der Waals surface area contributed by atoms with Gasteiger partial charge in [-0.1, -0.05) is 23.7 Å². The molecule has 0 fully saturated rings. The van der Waals surface area contributed by atoms with Crippen LogP contribution in [-0.4, -0.2) is 10.2 Å². The first-order valence-electron chi connectivity index (χ1n) is 3.44. The van der Waals surface area contributed by atoms with Gasteiger partial charge in [0.15, 0.2) is 0 Å². The van der Waals surface area contributed by atoms with E-state index in [2.05, 4.69) is 6.58 Å². The molecule has 0 saturated heterocycles. The van der Waals surface area contributed by atoms with Gasteiger partial charge >= 0.3 is 0 Å². The van der Waals surface area contributed by atoms with Gasteiger partial charge < -0.3 is 10.2 Å². The van der Waals surface area contributed by atoms with Crippen molar-refractivity contribution in [3.05, 3.63) is 41.4 Å². The van der Waals surface area contributed by atoms with Crippen molar-refractivity contribution >= 4 is 11.6 Å². The van der Waals surface area contributed by atoms with E-state index in [1.165, 1.54) is 18.2 Å². The number of aliphatic hydroxyl groups excluding tert-OH is 1. The molecule has 1 aromatic carbocycles. The van der Waals surface area contributed by atoms with Crippen LogP contribution >= 0.6 is 11.6 Å². The standard InChI is InChI=1S/C9H9ClO2/c1-2-9(12)7-4-3-6(11)5-8(7)10/h2-5,9,11-12H,1H2. The maximum absolute atomic E-state index is 9.32. The van der Waals surface area contributed by atoms with Gasteiger partial charge in [0.05, 0.1) is 11.1 Å². The fourth-order valence-electron chi connectivity index (χ4n) is 0.883. The van der Waals surface area contributed by atoms with Gasteiger partial charge in [-0.2, -0.15) is 0 Å². The predicted molar refractivity (Wildman–Crippen MR) is 48.3 cm³/mol. The molecule has 1 aromatic rings. The van der Waals surface area contributed by atoms with Gasteiger partial charge in [0, 0.05) is 5.56 Å². The number of aliphatic hydroxyl groups is 1. The van der Waals surface area contributed by atoms with Crippen molar-refractivity contribution < 1.29 is 10.2 Å². The molecule has 0 aliphatic heterocycles. The third kappa shape index (κ3) is 1.78. The van der Waals surface area contributed by atoms with Crippen LogP contribution in [0.5, 0.6) is 5.75 Å². The maximum Gasteiger partial charge on any atom is 0.117 e. The van der Waals surface area contributed by atoms with Crippen LogP contribution in [-0.2, 0) is 0 Å². The summed E-state index contributed by atoms with van der Waals surface area (Å²) in [6.07, 6.45) is 0.594. The van der Waals surface area contributed by atoms with Crippen molar-refractivity contribution in [3.8, 4) is 5.75 Å². The summed E-state index contributed by atoms with van der Waals surface area (Å²) in [6, 6.07) is 4.40. The number of rotatable bonds is 2. The Morgan fingerprint density at radius 1 is 1.50 bits per heavy atom. The highest BCUT2D eigenvalue weighted by atomic mass is 35.5. The fourth-order valence-corrected chi connectivity index (χ4v) is 1.17. The molecule has 0 bridgehead atoms. The van der Waals surface area contributed by atoms with E-state index in [-0.39, 0.29) is 5.75 Å². The highest BCUT2D eigenvalue weighted by molar-refractivity contribution is 6.31. The molecule has 1 rings (SSSR count). The second kappa shape index (κ2) is 3.61. The van der Waals surface area contributed by atoms with E-state index >= 15 is 0 Å². The lowest BCUT2D eigenvalue weighted by Gasteiger charge is -2.07. The van der Waals surface area contributed by atoms with Gasteiger partial charge in [0.1, 0.15) is 5.75 Å². The third-order valence-electron chi connectivity index (χ3n) is 1.53. The summed E-state index contributed by atoms with van der Waals surface area (Å²) in [5, 5.41) is 18.7. The summed E-state index contributed by atoms with van der Waals surface area (Å²) in [5.74, 6) is 0.0833. The second-order valence-electron chi connectivity index (χ2n) is 2.39. The van der Waals surface area contributed by atoms with Crippen molar-refractivity contribution in [2.24, 2.45) is 0 Å². The molecule has 0 aliphatic carbocycles. The Morgan fingerprint density at radius 2 is 2.17 bits per heavy atom. The molecule has 0 aromatic heterocycles. The molecule has 12 heavy (non-hydrogen) atoms. The number of benzene rings is 1. The Hall–Kier alpha value is -0.990. The molecule has 0 heterocycles. The Balaban J connectivity index is 3.09. The average molecular weight is 185 g/mol. The van der Waals surface area contributed by atoms with E-state index in [0.29, 0.717) is 10.6 Å². The number of hydrogen-bond acceptors (Lipinski definition) is 2. The molecule has 2 nitrogen and oxygen atoms in total. The van der Waals surface area contributed by atoms with Crippen LogP contribution in [0.3, 0.4) is 0 Å². The number of phenolic OH excluding ortho intramolecular Hbond substituents is 1. The fraction of sp³-hybridized carbons (Fsp3) is 0.111. The topological polar surface area (TPSA) is 40.5 Å². The van der Waals surface area contributed by atoms with E-state index in [1.807, 2.05) is 0 Å². The van der Waals surface area contributed by atoms with Crippen molar-refractivity contribution in [2.75, 3.05) is 0 Å². The maximum atomic E-state index is 9.32. The normalized spacial score (nSPS) is 12.5. The summed E-state index contributed by atoms with van der Waals surface area (Å²) in [4.78, 5) is 0. The number of halogens is 1. The minimum atomic E-state index is -0.780. The SMILES string of the molecule is C=CC(O)c1ccc(O)cc1Cl. The van der Waals surface area contributed by atoms with Crippen molar-refractivity contribution in [2.45, 2.75) is 6.10 Å². The molecule has 0 radical (unpaired) electrons. The molecular formula is C9H9ClO2. The zero-order valence-corrected chi connectivity index (χ0v) is 7.12. The number of phenols is 1. The number of aromatic hydroxyl groups is 1. The minimum absolute atomic E-state index is 0.0833. The molecule has 0 spiro atoms. The molecule has 64 valence electrons. The lowest BCUT2D eigenvalue weighted by molar-refractivity contribution is 0.229. The Bertz CT molecular complexity index is 297. The molecule has 0 amide bonds. The first kappa shape index (κ1) is 9.10. The van der Waals surface area contributed by atoms with Crippen molar-refractivity contribution in [1.29, 1.82) is 0 Å². The highest BCUT2D eigenvalue weighted by Gasteiger charge is 2.07. The van der Waals surface area contributed by atoms with Crippen LogP contribution in [0.2, 0.25) is 5.02 Å². The summed E-state index contributed by atoms with van der Waals surface area (Å²) in [7, 11) is 0. The summed E-state index contributed by atoms with van der Waals surface area (Å²) in [6.45, 7) is 3.43. The summed E-state index contributed by atoms with van der Waals surface area (Å²) in [5.41, 5.74) is 0.546. The molecule has 3 heteroatoms. The largest absolute Gasteiger partial charge is 0.508 e. The molecule has 0 saturated carbocycles. The molecular weight excluding hydrogens is 176 g/mol. The molecule has 1 unspecified atom stereocenters.